The fourth-order valence-electron chi connectivity index (χ4n) is 0.977. The van der Waals surface area contributed by atoms with Gasteiger partial charge in [0.2, 0.25) is 11.8 Å². The lowest BCUT2D eigenvalue weighted by Gasteiger charge is -1.89. The quantitative estimate of drug-likeness (QED) is 0.479. The molecule has 7 heteroatoms. The van der Waals surface area contributed by atoms with E-state index in [0.717, 1.165) is 0 Å². The molecule has 0 bridgehead atoms. The van der Waals surface area contributed by atoms with Gasteiger partial charge in [-0.1, -0.05) is 0 Å². The summed E-state index contributed by atoms with van der Waals surface area (Å²) < 4.78 is 0. The molecular weight excluding hydrogens is 172 g/mol. The molecule has 2 heterocycles. The topological polar surface area (TPSA) is 124 Å². The van der Waals surface area contributed by atoms with Gasteiger partial charge in [-0.25, -0.2) is 0 Å². The van der Waals surface area contributed by atoms with Crippen LogP contribution in [0.4, 0.5) is 5.95 Å². The van der Waals surface area contributed by atoms with Gasteiger partial charge in [0.25, 0.3) is 5.56 Å². The molecule has 0 spiro atoms. The Bertz CT molecular complexity index is 558. The molecule has 0 aliphatic rings. The molecule has 7 nitrogen and oxygen atoms in total. The Kier molecular flexibility index (Phi) is 1.30. The fourth-order valence-corrected chi connectivity index (χ4v) is 0.977. The number of H-pyrrole nitrogens is 2. The Balaban J connectivity index is 2.93. The molecule has 2 aromatic rings. The van der Waals surface area contributed by atoms with Gasteiger partial charge in [0.15, 0.2) is 11.2 Å². The Hall–Kier alpha value is -2.36. The van der Waals surface area contributed by atoms with Gasteiger partial charge >= 0.3 is 0 Å². The minimum absolute atomic E-state index is 0.0199. The zero-order valence-corrected chi connectivity index (χ0v) is 6.33. The third kappa shape index (κ3) is 1.01. The van der Waals surface area contributed by atoms with Crippen LogP contribution in [0.5, 0.6) is 0 Å². The summed E-state index contributed by atoms with van der Waals surface area (Å²) in [4.78, 5) is 23.4. The summed E-state index contributed by atoms with van der Waals surface area (Å²) in [5.74, 6) is 0.0205. The zero-order chi connectivity index (χ0) is 9.42. The SMILES string of the molecule is N#Cc1nc2nc(N)[nH]c(=O)c2[nH]1. The number of fused-ring (bicyclic) bond motifs is 1. The molecule has 0 radical (unpaired) electrons. The summed E-state index contributed by atoms with van der Waals surface area (Å²) in [6, 6.07) is 1.76. The number of nitrogen functional groups attached to an aromatic ring is 1. The Labute approximate surface area is 71.2 Å². The van der Waals surface area contributed by atoms with Crippen LogP contribution < -0.4 is 11.3 Å². The van der Waals surface area contributed by atoms with E-state index in [1.165, 1.54) is 0 Å². The van der Waals surface area contributed by atoms with Gasteiger partial charge in [-0.3, -0.25) is 9.78 Å². The van der Waals surface area contributed by atoms with Crippen LogP contribution >= 0.6 is 0 Å². The number of anilines is 1. The maximum absolute atomic E-state index is 11.2. The standard InChI is InChI=1S/C6H4N6O/c7-1-2-9-3-4(10-2)11-6(8)12-5(3)13/h(H4,8,9,10,11,12,13). The first kappa shape index (κ1) is 7.30. The zero-order valence-electron chi connectivity index (χ0n) is 6.33. The van der Waals surface area contributed by atoms with Crippen molar-refractivity contribution in [3.05, 3.63) is 16.2 Å². The van der Waals surface area contributed by atoms with Crippen molar-refractivity contribution in [3.8, 4) is 6.07 Å². The Morgan fingerprint density at radius 1 is 1.38 bits per heavy atom. The summed E-state index contributed by atoms with van der Waals surface area (Å²) in [5.41, 5.74) is 5.15. The average molecular weight is 176 g/mol. The maximum Gasteiger partial charge on any atom is 0.278 e. The van der Waals surface area contributed by atoms with Crippen LogP contribution in [-0.4, -0.2) is 19.9 Å². The first-order chi connectivity index (χ1) is 6.20. The van der Waals surface area contributed by atoms with Gasteiger partial charge in [-0.2, -0.15) is 15.2 Å². The molecule has 2 rings (SSSR count). The van der Waals surface area contributed by atoms with Crippen LogP contribution in [0.1, 0.15) is 5.82 Å². The number of hydrogen-bond donors (Lipinski definition) is 3. The van der Waals surface area contributed by atoms with Crippen molar-refractivity contribution in [1.82, 2.24) is 19.9 Å². The van der Waals surface area contributed by atoms with Crippen molar-refractivity contribution in [2.75, 3.05) is 5.73 Å². The number of aromatic amines is 2. The molecule has 0 aliphatic heterocycles. The second-order valence-corrected chi connectivity index (χ2v) is 2.35. The largest absolute Gasteiger partial charge is 0.369 e. The molecule has 64 valence electrons. The van der Waals surface area contributed by atoms with Crippen LogP contribution in [0.25, 0.3) is 11.2 Å². The van der Waals surface area contributed by atoms with E-state index in [4.69, 9.17) is 11.0 Å². The molecule has 0 aliphatic carbocycles. The average Bonchev–Trinajstić information content (AvgIpc) is 2.47. The van der Waals surface area contributed by atoms with E-state index in [-0.39, 0.29) is 22.9 Å². The van der Waals surface area contributed by atoms with E-state index in [1.54, 1.807) is 6.07 Å². The number of nitrogens with two attached hydrogens (primary N) is 1. The molecule has 13 heavy (non-hydrogen) atoms. The van der Waals surface area contributed by atoms with E-state index in [2.05, 4.69) is 19.9 Å². The van der Waals surface area contributed by atoms with Gasteiger partial charge in [0.1, 0.15) is 6.07 Å². The number of nitriles is 1. The summed E-state index contributed by atoms with van der Waals surface area (Å²) in [6.07, 6.45) is 0. The van der Waals surface area contributed by atoms with Crippen LogP contribution in [0.3, 0.4) is 0 Å². The predicted octanol–water partition coefficient (Wildman–Crippen LogP) is -0.900. The lowest BCUT2D eigenvalue weighted by molar-refractivity contribution is 1.17. The number of nitrogens with one attached hydrogen (secondary N) is 2. The highest BCUT2D eigenvalue weighted by Crippen LogP contribution is 2.02. The third-order valence-corrected chi connectivity index (χ3v) is 1.49. The molecule has 0 saturated carbocycles. The van der Waals surface area contributed by atoms with Gasteiger partial charge in [0.05, 0.1) is 0 Å². The van der Waals surface area contributed by atoms with E-state index < -0.39 is 5.56 Å². The molecule has 0 fully saturated rings. The summed E-state index contributed by atoms with van der Waals surface area (Å²) in [7, 11) is 0. The first-order valence-corrected chi connectivity index (χ1v) is 3.36. The molecule has 0 amide bonds. The van der Waals surface area contributed by atoms with Crippen molar-refractivity contribution in [3.63, 3.8) is 0 Å². The molecule has 0 aromatic carbocycles. The van der Waals surface area contributed by atoms with Gasteiger partial charge < -0.3 is 10.7 Å². The molecule has 0 atom stereocenters. The molecule has 0 unspecified atom stereocenters. The molecule has 2 aromatic heterocycles. The van der Waals surface area contributed by atoms with Crippen molar-refractivity contribution in [2.45, 2.75) is 0 Å². The van der Waals surface area contributed by atoms with Gasteiger partial charge in [-0.15, -0.1) is 0 Å². The van der Waals surface area contributed by atoms with E-state index in [1.807, 2.05) is 0 Å². The van der Waals surface area contributed by atoms with Crippen LogP contribution in [0, 0.1) is 11.3 Å². The normalized spacial score (nSPS) is 10.1. The number of rotatable bonds is 0. The van der Waals surface area contributed by atoms with Gasteiger partial charge in [-0.05, 0) is 0 Å². The number of hydrogen-bond acceptors (Lipinski definition) is 5. The second-order valence-electron chi connectivity index (χ2n) is 2.35. The number of aromatic nitrogens is 4. The summed E-state index contributed by atoms with van der Waals surface area (Å²) in [5, 5.41) is 8.48. The van der Waals surface area contributed by atoms with Crippen molar-refractivity contribution in [1.29, 1.82) is 5.26 Å². The predicted molar refractivity (Wildman–Crippen MR) is 43.6 cm³/mol. The highest BCUT2D eigenvalue weighted by molar-refractivity contribution is 5.70. The van der Waals surface area contributed by atoms with Crippen molar-refractivity contribution < 1.29 is 0 Å². The van der Waals surface area contributed by atoms with E-state index >= 15 is 0 Å². The Morgan fingerprint density at radius 3 is 2.85 bits per heavy atom. The van der Waals surface area contributed by atoms with E-state index in [0.29, 0.717) is 0 Å². The summed E-state index contributed by atoms with van der Waals surface area (Å²) in [6.45, 7) is 0. The Morgan fingerprint density at radius 2 is 2.15 bits per heavy atom. The smallest absolute Gasteiger partial charge is 0.278 e. The van der Waals surface area contributed by atoms with Crippen molar-refractivity contribution >= 4 is 17.1 Å². The van der Waals surface area contributed by atoms with E-state index in [9.17, 15) is 4.79 Å². The summed E-state index contributed by atoms with van der Waals surface area (Å²) >= 11 is 0. The lowest BCUT2D eigenvalue weighted by Crippen LogP contribution is -2.10. The highest BCUT2D eigenvalue weighted by atomic mass is 16.1. The molecular formula is C6H4N6O. The number of imidazole rings is 1. The third-order valence-electron chi connectivity index (χ3n) is 1.49. The first-order valence-electron chi connectivity index (χ1n) is 3.36. The van der Waals surface area contributed by atoms with Crippen LogP contribution in [-0.2, 0) is 0 Å². The fraction of sp³-hybridized carbons (Fsp3) is 0. The van der Waals surface area contributed by atoms with Crippen LogP contribution in [0.15, 0.2) is 4.79 Å². The minimum atomic E-state index is -0.434. The molecule has 0 saturated heterocycles. The van der Waals surface area contributed by atoms with Gasteiger partial charge in [0, 0.05) is 0 Å². The maximum atomic E-state index is 11.2. The minimum Gasteiger partial charge on any atom is -0.369 e. The van der Waals surface area contributed by atoms with Crippen molar-refractivity contribution in [2.24, 2.45) is 0 Å². The van der Waals surface area contributed by atoms with Crippen LogP contribution in [0.2, 0.25) is 0 Å². The lowest BCUT2D eigenvalue weighted by atomic mass is 10.5. The monoisotopic (exact) mass is 176 g/mol. The number of nitrogens with zero attached hydrogens (tertiary/aromatic N) is 3. The highest BCUT2D eigenvalue weighted by Gasteiger charge is 2.07. The molecule has 4 N–H and O–H groups in total. The second kappa shape index (κ2) is 2.31.